The minimum absolute atomic E-state index is 0.255. The first-order valence-electron chi connectivity index (χ1n) is 6.15. The number of rotatable bonds is 4. The molecule has 2 nitrogen and oxygen atoms in total. The fourth-order valence-electron chi connectivity index (χ4n) is 1.92. The van der Waals surface area contributed by atoms with E-state index in [9.17, 15) is 0 Å². The topological polar surface area (TPSA) is 35.2 Å². The summed E-state index contributed by atoms with van der Waals surface area (Å²) in [6, 6.07) is 11.2. The average Bonchev–Trinajstić information content (AvgIpc) is 2.43. The summed E-state index contributed by atoms with van der Waals surface area (Å²) in [6.45, 7) is 2.58. The van der Waals surface area contributed by atoms with Gasteiger partial charge in [-0.3, -0.25) is 0 Å². The molecule has 0 aromatic heterocycles. The number of halogens is 3. The van der Waals surface area contributed by atoms with Crippen LogP contribution in [-0.2, 0) is 0 Å². The lowest BCUT2D eigenvalue weighted by Crippen LogP contribution is -2.12. The normalized spacial score (nSPS) is 12.2. The molecule has 0 radical (unpaired) electrons. The summed E-state index contributed by atoms with van der Waals surface area (Å²) in [5, 5.41) is 0.670. The molecule has 0 amide bonds. The average molecular weight is 420 g/mol. The molecule has 2 aromatic rings. The van der Waals surface area contributed by atoms with Crippen LogP contribution in [0.2, 0.25) is 5.02 Å². The molecule has 0 bridgehead atoms. The van der Waals surface area contributed by atoms with Crippen molar-refractivity contribution in [2.24, 2.45) is 5.73 Å². The lowest BCUT2D eigenvalue weighted by Gasteiger charge is -2.16. The Hall–Kier alpha value is -0.550. The van der Waals surface area contributed by atoms with E-state index in [-0.39, 0.29) is 6.04 Å². The van der Waals surface area contributed by atoms with E-state index in [1.54, 1.807) is 0 Å². The summed E-state index contributed by atoms with van der Waals surface area (Å²) < 4.78 is 7.34. The van der Waals surface area contributed by atoms with Crippen molar-refractivity contribution < 1.29 is 4.74 Å². The van der Waals surface area contributed by atoms with Crippen LogP contribution in [0, 0.1) is 0 Å². The van der Waals surface area contributed by atoms with Gasteiger partial charge in [0.1, 0.15) is 5.75 Å². The number of benzene rings is 2. The smallest absolute Gasteiger partial charge is 0.133 e. The fourth-order valence-corrected chi connectivity index (χ4v) is 3.10. The molecule has 0 fully saturated rings. The van der Waals surface area contributed by atoms with Crippen LogP contribution in [0.15, 0.2) is 45.3 Å². The van der Waals surface area contributed by atoms with Crippen molar-refractivity contribution >= 4 is 43.5 Å². The highest BCUT2D eigenvalue weighted by molar-refractivity contribution is 9.10. The van der Waals surface area contributed by atoms with Gasteiger partial charge in [-0.15, -0.1) is 0 Å². The third-order valence-corrected chi connectivity index (χ3v) is 4.48. The van der Waals surface area contributed by atoms with Gasteiger partial charge in [-0.25, -0.2) is 0 Å². The zero-order valence-electron chi connectivity index (χ0n) is 10.9. The molecule has 2 N–H and O–H groups in total. The van der Waals surface area contributed by atoms with Gasteiger partial charge in [0, 0.05) is 9.50 Å². The third kappa shape index (κ3) is 3.55. The zero-order chi connectivity index (χ0) is 14.7. The fraction of sp³-hybridized carbons (Fsp3) is 0.200. The molecule has 2 rings (SSSR count). The lowest BCUT2D eigenvalue weighted by atomic mass is 9.99. The van der Waals surface area contributed by atoms with Crippen molar-refractivity contribution in [1.82, 2.24) is 0 Å². The molecule has 20 heavy (non-hydrogen) atoms. The van der Waals surface area contributed by atoms with Gasteiger partial charge in [-0.1, -0.05) is 33.6 Å². The molecule has 1 unspecified atom stereocenters. The van der Waals surface area contributed by atoms with Gasteiger partial charge < -0.3 is 10.5 Å². The lowest BCUT2D eigenvalue weighted by molar-refractivity contribution is 0.338. The predicted molar refractivity (Wildman–Crippen MR) is 90.5 cm³/mol. The van der Waals surface area contributed by atoms with Gasteiger partial charge in [-0.05, 0) is 64.3 Å². The van der Waals surface area contributed by atoms with E-state index in [2.05, 4.69) is 31.9 Å². The number of hydrogen-bond acceptors (Lipinski definition) is 2. The van der Waals surface area contributed by atoms with Gasteiger partial charge in [0.25, 0.3) is 0 Å². The van der Waals surface area contributed by atoms with Crippen LogP contribution in [0.5, 0.6) is 5.75 Å². The van der Waals surface area contributed by atoms with E-state index in [0.29, 0.717) is 11.6 Å². The monoisotopic (exact) mass is 417 g/mol. The maximum atomic E-state index is 6.33. The van der Waals surface area contributed by atoms with E-state index < -0.39 is 0 Å². The minimum atomic E-state index is -0.255. The number of hydrogen-bond donors (Lipinski definition) is 1. The SMILES string of the molecule is CCOc1ccc(C(N)c2cc(Cl)ccc2Br)cc1Br. The summed E-state index contributed by atoms with van der Waals surface area (Å²) in [5.74, 6) is 0.814. The van der Waals surface area contributed by atoms with Crippen LogP contribution >= 0.6 is 43.5 Å². The van der Waals surface area contributed by atoms with Crippen molar-refractivity contribution in [2.75, 3.05) is 6.61 Å². The maximum absolute atomic E-state index is 6.33. The highest BCUT2D eigenvalue weighted by atomic mass is 79.9. The Morgan fingerprint density at radius 2 is 1.90 bits per heavy atom. The molecule has 2 aromatic carbocycles. The number of ether oxygens (including phenoxy) is 1. The Balaban J connectivity index is 2.35. The first-order chi connectivity index (χ1) is 9.52. The van der Waals surface area contributed by atoms with Crippen LogP contribution in [0.4, 0.5) is 0 Å². The Morgan fingerprint density at radius 1 is 1.15 bits per heavy atom. The molecule has 5 heteroatoms. The van der Waals surface area contributed by atoms with Crippen molar-refractivity contribution in [3.8, 4) is 5.75 Å². The molecule has 0 heterocycles. The maximum Gasteiger partial charge on any atom is 0.133 e. The van der Waals surface area contributed by atoms with Crippen molar-refractivity contribution in [1.29, 1.82) is 0 Å². The second-order valence-electron chi connectivity index (χ2n) is 4.27. The van der Waals surface area contributed by atoms with E-state index in [4.69, 9.17) is 22.1 Å². The van der Waals surface area contributed by atoms with E-state index in [1.165, 1.54) is 0 Å². The van der Waals surface area contributed by atoms with Crippen LogP contribution in [0.25, 0.3) is 0 Å². The van der Waals surface area contributed by atoms with Crippen LogP contribution in [0.1, 0.15) is 24.1 Å². The van der Waals surface area contributed by atoms with Crippen molar-refractivity contribution in [3.63, 3.8) is 0 Å². The molecule has 0 aliphatic rings. The van der Waals surface area contributed by atoms with Crippen molar-refractivity contribution in [2.45, 2.75) is 13.0 Å². The predicted octanol–water partition coefficient (Wildman–Crippen LogP) is 5.31. The largest absolute Gasteiger partial charge is 0.493 e. The molecule has 0 aliphatic carbocycles. The molecule has 0 spiro atoms. The van der Waals surface area contributed by atoms with E-state index >= 15 is 0 Å². The first-order valence-corrected chi connectivity index (χ1v) is 8.12. The Labute approximate surface area is 140 Å². The van der Waals surface area contributed by atoms with Gasteiger partial charge in [0.05, 0.1) is 17.1 Å². The second kappa shape index (κ2) is 6.94. The Kier molecular flexibility index (Phi) is 5.49. The summed E-state index contributed by atoms with van der Waals surface area (Å²) in [5.41, 5.74) is 8.27. The molecule has 0 aliphatic heterocycles. The van der Waals surface area contributed by atoms with Gasteiger partial charge in [0.2, 0.25) is 0 Å². The first kappa shape index (κ1) is 15.8. The molecule has 0 saturated carbocycles. The highest BCUT2D eigenvalue weighted by Gasteiger charge is 2.14. The van der Waals surface area contributed by atoms with Crippen molar-refractivity contribution in [3.05, 3.63) is 61.5 Å². The van der Waals surface area contributed by atoms with Crippen LogP contribution in [-0.4, -0.2) is 6.61 Å². The van der Waals surface area contributed by atoms with Crippen LogP contribution in [0.3, 0.4) is 0 Å². The van der Waals surface area contributed by atoms with Gasteiger partial charge in [-0.2, -0.15) is 0 Å². The quantitative estimate of drug-likeness (QED) is 0.729. The molecular formula is C15H14Br2ClNO. The van der Waals surface area contributed by atoms with Gasteiger partial charge in [0.15, 0.2) is 0 Å². The van der Waals surface area contributed by atoms with E-state index in [1.807, 2.05) is 43.3 Å². The van der Waals surface area contributed by atoms with Crippen LogP contribution < -0.4 is 10.5 Å². The summed E-state index contributed by atoms with van der Waals surface area (Å²) >= 11 is 13.1. The molecule has 1 atom stereocenters. The molecule has 0 saturated heterocycles. The summed E-state index contributed by atoms with van der Waals surface area (Å²) in [6.07, 6.45) is 0. The third-order valence-electron chi connectivity index (χ3n) is 2.91. The molecular weight excluding hydrogens is 405 g/mol. The summed E-state index contributed by atoms with van der Waals surface area (Å²) in [7, 11) is 0. The second-order valence-corrected chi connectivity index (χ2v) is 6.41. The zero-order valence-corrected chi connectivity index (χ0v) is 14.8. The Bertz CT molecular complexity index is 619. The Morgan fingerprint density at radius 3 is 2.55 bits per heavy atom. The highest BCUT2D eigenvalue weighted by Crippen LogP contribution is 2.33. The number of nitrogens with two attached hydrogens (primary N) is 1. The standard InChI is InChI=1S/C15H14Br2ClNO/c1-2-20-14-6-3-9(7-13(14)17)15(19)11-8-10(18)4-5-12(11)16/h3-8,15H,2,19H2,1H3. The van der Waals surface area contributed by atoms with E-state index in [0.717, 1.165) is 25.8 Å². The molecule has 106 valence electrons. The van der Waals surface area contributed by atoms with Gasteiger partial charge >= 0.3 is 0 Å². The minimum Gasteiger partial charge on any atom is -0.493 e. The summed E-state index contributed by atoms with van der Waals surface area (Å²) in [4.78, 5) is 0.